The Morgan fingerprint density at radius 2 is 1.10 bits per heavy atom. The van der Waals surface area contributed by atoms with E-state index < -0.39 is 32.1 Å². The average molecular weight is 1090 g/mol. The zero-order chi connectivity index (χ0) is 49.1. The molecule has 6 aromatic rings. The van der Waals surface area contributed by atoms with Crippen LogP contribution in [0, 0.1) is 10.8 Å². The number of nitrogens with zero attached hydrogens (tertiary/aromatic N) is 6. The van der Waals surface area contributed by atoms with Crippen molar-refractivity contribution in [2.45, 2.75) is 105 Å². The van der Waals surface area contributed by atoms with Gasteiger partial charge in [0.1, 0.15) is 11.5 Å². The monoisotopic (exact) mass is 1090 g/mol. The van der Waals surface area contributed by atoms with Crippen molar-refractivity contribution in [3.05, 3.63) is 92.8 Å². The minimum Gasteiger partial charge on any atom is -1.00 e. The SMILES string of the molecule is C[Si](C)(C)C(F)(F)F.Cn1c(=O)n(CC(C)(C)C)c2ccc(-c3ccc4c(c3)C(=O)CCO4)nc21.Cn1c(=O)n(CC(C)(C)C)c2ccc(-c3ccc4c(c3)C(O)(C(F)(F)F)CCO4)nc21.[Cs+].[F-]. The summed E-state index contributed by atoms with van der Waals surface area (Å²) in [6.07, 6.45) is -5.02. The molecule has 21 heteroatoms. The van der Waals surface area contributed by atoms with Crippen LogP contribution < -0.4 is 94.5 Å². The molecule has 68 heavy (non-hydrogen) atoms. The van der Waals surface area contributed by atoms with Gasteiger partial charge in [0.25, 0.3) is 0 Å². The van der Waals surface area contributed by atoms with Crippen LogP contribution in [0.15, 0.2) is 70.3 Å². The molecule has 0 bridgehead atoms. The van der Waals surface area contributed by atoms with Crippen LogP contribution in [0.4, 0.5) is 26.3 Å². The Morgan fingerprint density at radius 1 is 0.676 bits per heavy atom. The summed E-state index contributed by atoms with van der Waals surface area (Å²) in [5.41, 5.74) is 1.77. The first-order chi connectivity index (χ1) is 30.3. The second-order valence-corrected chi connectivity index (χ2v) is 25.3. The number of aliphatic hydroxyl groups is 1. The molecular weight excluding hydrogens is 1040 g/mol. The van der Waals surface area contributed by atoms with Gasteiger partial charge in [-0.15, -0.1) is 0 Å². The Hall–Kier alpha value is -3.71. The summed E-state index contributed by atoms with van der Waals surface area (Å²) in [6.45, 7) is 17.6. The number of hydrogen-bond acceptors (Lipinski definition) is 8. The van der Waals surface area contributed by atoms with Crippen molar-refractivity contribution in [2.24, 2.45) is 24.9 Å². The number of benzene rings is 2. The van der Waals surface area contributed by atoms with Crippen LogP contribution in [0.25, 0.3) is 44.8 Å². The quantitative estimate of drug-likeness (QED) is 0.208. The molecule has 0 radical (unpaired) electrons. The normalized spacial score (nSPS) is 16.2. The molecule has 0 amide bonds. The molecule has 0 saturated heterocycles. The fourth-order valence-corrected chi connectivity index (χ4v) is 7.42. The van der Waals surface area contributed by atoms with Crippen LogP contribution in [-0.4, -0.2) is 72.4 Å². The van der Waals surface area contributed by atoms with E-state index >= 15 is 0 Å². The number of ketones is 1. The fraction of sp³-hybridized carbons (Fsp3) is 0.468. The third kappa shape index (κ3) is 12.1. The van der Waals surface area contributed by atoms with Gasteiger partial charge in [-0.25, -0.2) is 19.6 Å². The minimum absolute atomic E-state index is 0. The van der Waals surface area contributed by atoms with E-state index in [9.17, 15) is 45.8 Å². The molecular formula is C47H56CsF7N6O6Si. The number of pyridine rings is 2. The number of imidazole rings is 2. The van der Waals surface area contributed by atoms with Gasteiger partial charge >= 0.3 is 92.2 Å². The molecule has 12 nitrogen and oxygen atoms in total. The molecule has 1 N–H and O–H groups in total. The standard InChI is InChI=1S/C22H24F3N3O3.C21H23N3O3.C4H9F3Si.Cs.FH/c1-20(2,3)12-28-16-7-6-15(26-18(16)27(4)19(28)29)13-5-8-17-14(11-13)21(30,9-10-31-17)22(23,24)25;1-21(2,3)12-24-16-7-6-15(22-19(16)23(4)20(24)26)13-5-8-18-14(11-13)17(25)9-10-27-18;1-8(2,3)4(5,6)7;;/h5-8,11,30H,9-10,12H2,1-4H3;5-8,11H,9-10,12H2,1-4H3;1-3H3;;1H/q;;;+1;/p-1. The predicted molar refractivity (Wildman–Crippen MR) is 244 cm³/mol. The van der Waals surface area contributed by atoms with E-state index in [1.807, 2.05) is 51.1 Å². The first-order valence-corrected chi connectivity index (χ1v) is 24.9. The molecule has 2 aromatic carbocycles. The van der Waals surface area contributed by atoms with E-state index in [1.54, 1.807) is 46.0 Å². The number of aryl methyl sites for hydroxylation is 2. The fourth-order valence-electron chi connectivity index (χ4n) is 7.42. The number of hydrogen-bond donors (Lipinski definition) is 1. The first-order valence-electron chi connectivity index (χ1n) is 21.4. The second kappa shape index (κ2) is 20.6. The van der Waals surface area contributed by atoms with Gasteiger partial charge in [0.15, 0.2) is 30.8 Å². The summed E-state index contributed by atoms with van der Waals surface area (Å²) < 4.78 is 93.0. The molecule has 2 aliphatic heterocycles. The number of rotatable bonds is 4. The molecule has 2 aliphatic rings. The Morgan fingerprint density at radius 3 is 1.53 bits per heavy atom. The van der Waals surface area contributed by atoms with Gasteiger partial charge in [-0.2, -0.15) is 26.3 Å². The van der Waals surface area contributed by atoms with Crippen molar-refractivity contribution in [3.63, 3.8) is 0 Å². The summed E-state index contributed by atoms with van der Waals surface area (Å²) in [6, 6.07) is 17.1. The van der Waals surface area contributed by atoms with Gasteiger partial charge in [0.05, 0.1) is 41.2 Å². The maximum absolute atomic E-state index is 13.6. The Balaban J connectivity index is 0.000000251. The number of fused-ring (bicyclic) bond motifs is 4. The number of aromatic nitrogens is 6. The van der Waals surface area contributed by atoms with Gasteiger partial charge < -0.3 is 19.3 Å². The second-order valence-electron chi connectivity index (χ2n) is 20.2. The number of carbonyl (C=O) groups is 1. The van der Waals surface area contributed by atoms with Crippen molar-refractivity contribution in [2.75, 3.05) is 13.2 Å². The van der Waals surface area contributed by atoms with Crippen LogP contribution in [0.2, 0.25) is 19.6 Å². The van der Waals surface area contributed by atoms with Crippen LogP contribution >= 0.6 is 0 Å². The van der Waals surface area contributed by atoms with Gasteiger partial charge in [0, 0.05) is 56.7 Å². The predicted octanol–water partition coefficient (Wildman–Crippen LogP) is 3.83. The van der Waals surface area contributed by atoms with Gasteiger partial charge in [0.2, 0.25) is 0 Å². The molecule has 0 saturated carbocycles. The van der Waals surface area contributed by atoms with Crippen molar-refractivity contribution in [3.8, 4) is 34.0 Å². The van der Waals surface area contributed by atoms with Gasteiger partial charge in [-0.3, -0.25) is 23.1 Å². The molecule has 0 fully saturated rings. The number of carbonyl (C=O) groups excluding carboxylic acids is 1. The molecule has 8 rings (SSSR count). The summed E-state index contributed by atoms with van der Waals surface area (Å²) >= 11 is 0. The van der Waals surface area contributed by atoms with Gasteiger partial charge in [-0.05, 0) is 71.5 Å². The van der Waals surface area contributed by atoms with Crippen LogP contribution in [0.5, 0.6) is 11.5 Å². The van der Waals surface area contributed by atoms with E-state index in [2.05, 4.69) is 25.8 Å². The molecule has 364 valence electrons. The van der Waals surface area contributed by atoms with E-state index in [-0.39, 0.29) is 120 Å². The molecule has 6 heterocycles. The molecule has 0 aliphatic carbocycles. The Bertz CT molecular complexity index is 2930. The van der Waals surface area contributed by atoms with Crippen LogP contribution in [0.1, 0.15) is 70.3 Å². The first kappa shape index (κ1) is 56.9. The number of ether oxygens (including phenoxy) is 2. The number of alkyl halides is 6. The van der Waals surface area contributed by atoms with Crippen molar-refractivity contribution in [1.29, 1.82) is 0 Å². The number of halogens is 7. The Labute approximate surface area is 448 Å². The van der Waals surface area contributed by atoms with E-state index in [4.69, 9.17) is 14.5 Å². The topological polar surface area (TPSA) is 135 Å². The van der Waals surface area contributed by atoms with Crippen molar-refractivity contribution >= 4 is 36.2 Å². The zero-order valence-electron chi connectivity index (χ0n) is 40.3. The summed E-state index contributed by atoms with van der Waals surface area (Å²) in [5.74, 6) is -3.21. The average Bonchev–Trinajstić information content (AvgIpc) is 3.58. The van der Waals surface area contributed by atoms with E-state index in [1.165, 1.54) is 36.3 Å². The molecule has 1 atom stereocenters. The van der Waals surface area contributed by atoms with Crippen molar-refractivity contribution in [1.82, 2.24) is 28.2 Å². The Kier molecular flexibility index (Phi) is 17.2. The van der Waals surface area contributed by atoms with E-state index in [0.29, 0.717) is 65.5 Å². The molecule has 0 spiro atoms. The zero-order valence-corrected chi connectivity index (χ0v) is 47.6. The molecule has 4 aromatic heterocycles. The van der Waals surface area contributed by atoms with Crippen molar-refractivity contribution < 1.29 is 119 Å². The minimum atomic E-state index is -4.84. The summed E-state index contributed by atoms with van der Waals surface area (Å²) in [4.78, 5) is 46.8. The van der Waals surface area contributed by atoms with Crippen LogP contribution in [-0.2, 0) is 32.8 Å². The summed E-state index contributed by atoms with van der Waals surface area (Å²) in [7, 11) is 0.497. The maximum atomic E-state index is 13.6. The summed E-state index contributed by atoms with van der Waals surface area (Å²) in [5, 5.41) is 10.4. The third-order valence-corrected chi connectivity index (χ3v) is 12.9. The number of Topliss-reactive ketones (excluding diaryl/α,β-unsaturated/α-hetero) is 1. The maximum Gasteiger partial charge on any atom is 1.00 e. The third-order valence-electron chi connectivity index (χ3n) is 11.2. The van der Waals surface area contributed by atoms with E-state index in [0.717, 1.165) is 16.8 Å². The van der Waals surface area contributed by atoms with Crippen LogP contribution in [0.3, 0.4) is 0 Å². The van der Waals surface area contributed by atoms with Gasteiger partial charge in [-0.1, -0.05) is 61.2 Å². The molecule has 1 unspecified atom stereocenters. The largest absolute Gasteiger partial charge is 1.00 e. The smallest absolute Gasteiger partial charge is 1.00 e.